The van der Waals surface area contributed by atoms with Gasteiger partial charge in [-0.2, -0.15) is 8.42 Å². The Morgan fingerprint density at radius 3 is 2.61 bits per heavy atom. The van der Waals surface area contributed by atoms with Crippen molar-refractivity contribution in [3.8, 4) is 5.75 Å². The van der Waals surface area contributed by atoms with Gasteiger partial charge in [-0.15, -0.1) is 0 Å². The second kappa shape index (κ2) is 4.49. The lowest BCUT2D eigenvalue weighted by Crippen LogP contribution is -2.29. The highest BCUT2D eigenvalue weighted by Gasteiger charge is 2.25. The molecule has 0 amide bonds. The van der Waals surface area contributed by atoms with Crippen molar-refractivity contribution in [2.24, 2.45) is 4.40 Å². The van der Waals surface area contributed by atoms with Crippen molar-refractivity contribution in [3.05, 3.63) is 22.2 Å². The van der Waals surface area contributed by atoms with Gasteiger partial charge in [-0.05, 0) is 12.1 Å². The van der Waals surface area contributed by atoms with Crippen molar-refractivity contribution in [2.45, 2.75) is 0 Å². The minimum atomic E-state index is -4.11. The van der Waals surface area contributed by atoms with Crippen LogP contribution in [0.5, 0.6) is 5.75 Å². The van der Waals surface area contributed by atoms with E-state index in [1.165, 1.54) is 17.0 Å². The maximum Gasteiger partial charge on any atom is 0.431 e. The van der Waals surface area contributed by atoms with Crippen LogP contribution in [-0.2, 0) is 10.3 Å². The molecule has 1 aromatic carbocycles. The van der Waals surface area contributed by atoms with Crippen LogP contribution in [0, 0.1) is 0 Å². The number of anilines is 1. The maximum atomic E-state index is 11.6. The molecular weight excluding hydrogens is 301 g/mol. The van der Waals surface area contributed by atoms with Crippen molar-refractivity contribution >= 4 is 45.2 Å². The summed E-state index contributed by atoms with van der Waals surface area (Å²) in [4.78, 5) is 1.49. The Bertz CT molecular complexity index is 628. The van der Waals surface area contributed by atoms with Crippen molar-refractivity contribution < 1.29 is 12.6 Å². The van der Waals surface area contributed by atoms with Crippen molar-refractivity contribution in [1.29, 1.82) is 0 Å². The predicted octanol–water partition coefficient (Wildman–Crippen LogP) is 1.96. The van der Waals surface area contributed by atoms with Crippen LogP contribution in [0.1, 0.15) is 0 Å². The molecule has 0 bridgehead atoms. The van der Waals surface area contributed by atoms with Crippen LogP contribution in [-0.4, -0.2) is 33.4 Å². The highest BCUT2D eigenvalue weighted by Crippen LogP contribution is 2.38. The average Bonchev–Trinajstić information content (AvgIpc) is 2.34. The van der Waals surface area contributed by atoms with Crippen LogP contribution in [0.2, 0.25) is 10.0 Å². The standard InChI is InChI=1S/C9H9Cl2N3O3S/c1-14(2)9-12-7-4-5(10)3-6(11)8(7)17-18(15,16)13-9/h3-4H,1-2H3,(H,12,13). The normalized spacial score (nSPS) is 16.8. The highest BCUT2D eigenvalue weighted by atomic mass is 35.5. The Labute approximate surface area is 114 Å². The number of nitrogens with one attached hydrogen (secondary N) is 1. The summed E-state index contributed by atoms with van der Waals surface area (Å²) < 4.78 is 31.5. The average molecular weight is 310 g/mol. The second-order valence-electron chi connectivity index (χ2n) is 3.71. The largest absolute Gasteiger partial charge is 0.431 e. The van der Waals surface area contributed by atoms with Gasteiger partial charge in [-0.1, -0.05) is 27.6 Å². The molecule has 1 aliphatic heterocycles. The zero-order chi connectivity index (χ0) is 13.5. The number of benzene rings is 1. The Kier molecular flexibility index (Phi) is 3.31. The van der Waals surface area contributed by atoms with Crippen LogP contribution >= 0.6 is 23.2 Å². The Hall–Kier alpha value is -1.18. The number of hydrogen-bond acceptors (Lipinski definition) is 5. The van der Waals surface area contributed by atoms with E-state index >= 15 is 0 Å². The number of hydrogen-bond donors (Lipinski definition) is 1. The van der Waals surface area contributed by atoms with Gasteiger partial charge in [0, 0.05) is 19.1 Å². The molecule has 0 fully saturated rings. The van der Waals surface area contributed by atoms with E-state index < -0.39 is 10.3 Å². The van der Waals surface area contributed by atoms with E-state index in [2.05, 4.69) is 9.71 Å². The molecular formula is C9H9Cl2N3O3S. The molecule has 2 rings (SSSR count). The molecule has 0 aliphatic carbocycles. The number of fused-ring (bicyclic) bond motifs is 1. The van der Waals surface area contributed by atoms with Gasteiger partial charge in [0.05, 0.1) is 10.7 Å². The maximum absolute atomic E-state index is 11.6. The monoisotopic (exact) mass is 309 g/mol. The molecule has 1 N–H and O–H groups in total. The SMILES string of the molecule is CN(C)C1=NS(=O)(=O)Oc2c(Cl)cc(Cl)cc2N1. The first-order chi connectivity index (χ1) is 8.28. The summed E-state index contributed by atoms with van der Waals surface area (Å²) in [6.45, 7) is 0. The molecule has 0 spiro atoms. The van der Waals surface area contributed by atoms with Crippen molar-refractivity contribution in [3.63, 3.8) is 0 Å². The molecule has 0 atom stereocenters. The fraction of sp³-hybridized carbons (Fsp3) is 0.222. The molecule has 18 heavy (non-hydrogen) atoms. The minimum absolute atomic E-state index is 0.0262. The molecule has 98 valence electrons. The molecule has 1 heterocycles. The molecule has 1 aromatic rings. The smallest absolute Gasteiger partial charge is 0.362 e. The molecule has 6 nitrogen and oxygen atoms in total. The Morgan fingerprint density at radius 2 is 2.00 bits per heavy atom. The summed E-state index contributed by atoms with van der Waals surface area (Å²) >= 11 is 11.7. The lowest BCUT2D eigenvalue weighted by Gasteiger charge is -2.15. The van der Waals surface area contributed by atoms with Crippen LogP contribution in [0.3, 0.4) is 0 Å². The summed E-state index contributed by atoms with van der Waals surface area (Å²) in [5.74, 6) is 0.0775. The van der Waals surface area contributed by atoms with E-state index in [9.17, 15) is 8.42 Å². The first kappa shape index (κ1) is 13.3. The van der Waals surface area contributed by atoms with E-state index in [4.69, 9.17) is 27.4 Å². The predicted molar refractivity (Wildman–Crippen MR) is 70.8 cm³/mol. The fourth-order valence-electron chi connectivity index (χ4n) is 1.30. The molecule has 0 unspecified atom stereocenters. The van der Waals surface area contributed by atoms with Gasteiger partial charge >= 0.3 is 10.3 Å². The Balaban J connectivity index is 2.63. The number of nitrogens with zero attached hydrogens (tertiary/aromatic N) is 2. The number of halogens is 2. The second-order valence-corrected chi connectivity index (χ2v) is 5.76. The Morgan fingerprint density at radius 1 is 1.33 bits per heavy atom. The highest BCUT2D eigenvalue weighted by molar-refractivity contribution is 7.86. The minimum Gasteiger partial charge on any atom is -0.362 e. The van der Waals surface area contributed by atoms with Gasteiger partial charge in [0.2, 0.25) is 5.96 Å². The quantitative estimate of drug-likeness (QED) is 0.793. The third-order valence-electron chi connectivity index (χ3n) is 2.07. The first-order valence-electron chi connectivity index (χ1n) is 4.76. The van der Waals surface area contributed by atoms with Gasteiger partial charge in [-0.25, -0.2) is 0 Å². The van der Waals surface area contributed by atoms with Crippen LogP contribution < -0.4 is 9.50 Å². The van der Waals surface area contributed by atoms with E-state index in [0.717, 1.165) is 0 Å². The van der Waals surface area contributed by atoms with Gasteiger partial charge in [0.25, 0.3) is 0 Å². The third kappa shape index (κ3) is 2.63. The molecule has 0 aromatic heterocycles. The number of rotatable bonds is 0. The van der Waals surface area contributed by atoms with Crippen LogP contribution in [0.15, 0.2) is 16.5 Å². The van der Waals surface area contributed by atoms with E-state index in [0.29, 0.717) is 10.7 Å². The van der Waals surface area contributed by atoms with Crippen LogP contribution in [0.25, 0.3) is 0 Å². The zero-order valence-electron chi connectivity index (χ0n) is 9.44. The van der Waals surface area contributed by atoms with E-state index in [1.54, 1.807) is 14.1 Å². The summed E-state index contributed by atoms with van der Waals surface area (Å²) in [6.07, 6.45) is 0. The van der Waals surface area contributed by atoms with Gasteiger partial charge in [0.1, 0.15) is 0 Å². The summed E-state index contributed by atoms with van der Waals surface area (Å²) in [5.41, 5.74) is 0.334. The first-order valence-corrected chi connectivity index (χ1v) is 6.88. The fourth-order valence-corrected chi connectivity index (χ4v) is 2.73. The van der Waals surface area contributed by atoms with Crippen LogP contribution in [0.4, 0.5) is 5.69 Å². The molecule has 0 saturated heterocycles. The molecule has 0 radical (unpaired) electrons. The van der Waals surface area contributed by atoms with Gasteiger partial charge < -0.3 is 14.4 Å². The summed E-state index contributed by atoms with van der Waals surface area (Å²) in [7, 11) is -0.831. The lowest BCUT2D eigenvalue weighted by molar-refractivity contribution is 0.489. The van der Waals surface area contributed by atoms with Gasteiger partial charge in [-0.3, -0.25) is 0 Å². The third-order valence-corrected chi connectivity index (χ3v) is 3.34. The van der Waals surface area contributed by atoms with Crippen molar-refractivity contribution in [1.82, 2.24) is 4.90 Å². The lowest BCUT2D eigenvalue weighted by atomic mass is 10.3. The number of guanidine groups is 1. The summed E-state index contributed by atoms with van der Waals surface area (Å²) in [6, 6.07) is 2.89. The molecule has 1 aliphatic rings. The van der Waals surface area contributed by atoms with E-state index in [-0.39, 0.29) is 16.7 Å². The van der Waals surface area contributed by atoms with E-state index in [1.807, 2.05) is 0 Å². The molecule has 9 heteroatoms. The summed E-state index contributed by atoms with van der Waals surface area (Å²) in [5, 5.41) is 3.24. The van der Waals surface area contributed by atoms with Gasteiger partial charge in [0.15, 0.2) is 5.75 Å². The zero-order valence-corrected chi connectivity index (χ0v) is 11.8. The topological polar surface area (TPSA) is 71.0 Å². The molecule has 0 saturated carbocycles. The van der Waals surface area contributed by atoms with Crippen molar-refractivity contribution in [2.75, 3.05) is 19.4 Å².